The molecule has 126 valence electrons. The van der Waals surface area contributed by atoms with E-state index in [1.165, 1.54) is 0 Å². The first kappa shape index (κ1) is 20.2. The van der Waals surface area contributed by atoms with E-state index >= 15 is 0 Å². The highest BCUT2D eigenvalue weighted by Gasteiger charge is 2.21. The molecule has 0 aliphatic rings. The molecule has 0 spiro atoms. The molecule has 0 aromatic rings. The van der Waals surface area contributed by atoms with Gasteiger partial charge in [0.2, 0.25) is 0 Å². The lowest BCUT2D eigenvalue weighted by Crippen LogP contribution is -2.43. The van der Waals surface area contributed by atoms with Crippen LogP contribution in [0.2, 0.25) is 0 Å². The van der Waals surface area contributed by atoms with Crippen molar-refractivity contribution in [3.05, 3.63) is 0 Å². The normalized spacial score (nSPS) is 13.3. The second kappa shape index (κ2) is 10.0. The molecule has 21 heavy (non-hydrogen) atoms. The summed E-state index contributed by atoms with van der Waals surface area (Å²) in [6.45, 7) is 14.7. The molecule has 0 radical (unpaired) electrons. The topological polar surface area (TPSA) is 50.8 Å². The van der Waals surface area contributed by atoms with Gasteiger partial charge in [0.15, 0.2) is 0 Å². The summed E-state index contributed by atoms with van der Waals surface area (Å²) in [5, 5.41) is 3.45. The number of ether oxygens (including phenoxy) is 2. The summed E-state index contributed by atoms with van der Waals surface area (Å²) < 4.78 is 10.5. The van der Waals surface area contributed by atoms with Gasteiger partial charge in [-0.25, -0.2) is 4.79 Å². The van der Waals surface area contributed by atoms with Crippen molar-refractivity contribution in [1.82, 2.24) is 10.2 Å². The molecule has 0 heterocycles. The fraction of sp³-hybridized carbons (Fsp3) is 0.938. The third-order valence-electron chi connectivity index (χ3n) is 2.92. The van der Waals surface area contributed by atoms with Gasteiger partial charge >= 0.3 is 6.09 Å². The van der Waals surface area contributed by atoms with E-state index in [2.05, 4.69) is 26.1 Å². The van der Waals surface area contributed by atoms with Crippen molar-refractivity contribution in [3.8, 4) is 0 Å². The van der Waals surface area contributed by atoms with Crippen molar-refractivity contribution in [2.24, 2.45) is 5.92 Å². The van der Waals surface area contributed by atoms with Crippen molar-refractivity contribution in [3.63, 3.8) is 0 Å². The maximum Gasteiger partial charge on any atom is 0.410 e. The number of amides is 1. The maximum absolute atomic E-state index is 12.1. The summed E-state index contributed by atoms with van der Waals surface area (Å²) >= 11 is 0. The molecule has 0 fully saturated rings. The highest BCUT2D eigenvalue weighted by molar-refractivity contribution is 5.68. The lowest BCUT2D eigenvalue weighted by atomic mass is 10.1. The monoisotopic (exact) mass is 302 g/mol. The molecule has 0 aromatic heterocycles. The minimum atomic E-state index is -0.471. The van der Waals surface area contributed by atoms with Crippen molar-refractivity contribution in [2.75, 3.05) is 33.4 Å². The van der Waals surface area contributed by atoms with Gasteiger partial charge in [0, 0.05) is 32.8 Å². The van der Waals surface area contributed by atoms with Gasteiger partial charge in [-0.3, -0.25) is 0 Å². The average Bonchev–Trinajstić information content (AvgIpc) is 2.30. The molecule has 0 saturated heterocycles. The predicted octanol–water partition coefficient (Wildman–Crippen LogP) is 2.89. The maximum atomic E-state index is 12.1. The van der Waals surface area contributed by atoms with Crippen LogP contribution in [0.1, 0.15) is 48.0 Å². The molecule has 0 aliphatic heterocycles. The summed E-state index contributed by atoms with van der Waals surface area (Å²) in [4.78, 5) is 13.8. The Kier molecular flexibility index (Phi) is 9.62. The number of hydrogen-bond acceptors (Lipinski definition) is 4. The van der Waals surface area contributed by atoms with Crippen molar-refractivity contribution in [2.45, 2.75) is 59.6 Å². The van der Waals surface area contributed by atoms with Crippen LogP contribution in [0.4, 0.5) is 4.79 Å². The molecule has 1 unspecified atom stereocenters. The molecule has 0 rings (SSSR count). The molecular weight excluding hydrogens is 268 g/mol. The van der Waals surface area contributed by atoms with Crippen LogP contribution < -0.4 is 5.32 Å². The predicted molar refractivity (Wildman–Crippen MR) is 86.6 cm³/mol. The number of nitrogens with one attached hydrogen (secondary N) is 1. The van der Waals surface area contributed by atoms with Gasteiger partial charge in [0.1, 0.15) is 5.60 Å². The third kappa shape index (κ3) is 11.5. The number of carbonyl (C=O) groups excluding carboxylic acids is 1. The van der Waals surface area contributed by atoms with Gasteiger partial charge in [-0.05, 0) is 40.0 Å². The Morgan fingerprint density at radius 1 is 1.19 bits per heavy atom. The van der Waals surface area contributed by atoms with Crippen molar-refractivity contribution < 1.29 is 14.3 Å². The number of methoxy groups -OCH3 is 1. The Morgan fingerprint density at radius 2 is 1.81 bits per heavy atom. The Balaban J connectivity index is 4.26. The minimum Gasteiger partial charge on any atom is -0.444 e. The fourth-order valence-corrected chi connectivity index (χ4v) is 2.06. The van der Waals surface area contributed by atoms with Crippen LogP contribution in [0.25, 0.3) is 0 Å². The zero-order chi connectivity index (χ0) is 16.5. The molecule has 5 heteroatoms. The van der Waals surface area contributed by atoms with Crippen LogP contribution >= 0.6 is 0 Å². The van der Waals surface area contributed by atoms with Crippen LogP contribution in [-0.4, -0.2) is 56.0 Å². The summed E-state index contributed by atoms with van der Waals surface area (Å²) in [5.41, 5.74) is -0.471. The van der Waals surface area contributed by atoms with Crippen molar-refractivity contribution >= 4 is 6.09 Å². The number of carbonyl (C=O) groups is 1. The van der Waals surface area contributed by atoms with Gasteiger partial charge in [-0.2, -0.15) is 0 Å². The van der Waals surface area contributed by atoms with Crippen LogP contribution in [0, 0.1) is 5.92 Å². The van der Waals surface area contributed by atoms with Gasteiger partial charge in [-0.1, -0.05) is 13.8 Å². The van der Waals surface area contributed by atoms with E-state index in [1.54, 1.807) is 12.0 Å². The van der Waals surface area contributed by atoms with Gasteiger partial charge in [0.05, 0.1) is 6.61 Å². The van der Waals surface area contributed by atoms with E-state index in [0.717, 1.165) is 13.0 Å². The molecule has 0 bridgehead atoms. The van der Waals surface area contributed by atoms with Crippen LogP contribution in [0.5, 0.6) is 0 Å². The smallest absolute Gasteiger partial charge is 0.410 e. The third-order valence-corrected chi connectivity index (χ3v) is 2.92. The SMILES string of the molecule is COCCN(CCNC(C)CC(C)C)C(=O)OC(C)(C)C. The molecule has 0 aliphatic carbocycles. The van der Waals surface area contributed by atoms with E-state index in [0.29, 0.717) is 31.7 Å². The van der Waals surface area contributed by atoms with Crippen molar-refractivity contribution in [1.29, 1.82) is 0 Å². The summed E-state index contributed by atoms with van der Waals surface area (Å²) in [6.07, 6.45) is 0.850. The quantitative estimate of drug-likeness (QED) is 0.711. The van der Waals surface area contributed by atoms with E-state index in [1.807, 2.05) is 20.8 Å². The second-order valence-electron chi connectivity index (χ2n) is 6.94. The van der Waals surface area contributed by atoms with Gasteiger partial charge < -0.3 is 19.7 Å². The molecule has 1 N–H and O–H groups in total. The number of rotatable bonds is 9. The zero-order valence-corrected chi connectivity index (χ0v) is 14.9. The molecule has 1 atom stereocenters. The lowest BCUT2D eigenvalue weighted by Gasteiger charge is -2.28. The van der Waals surface area contributed by atoms with Crippen LogP contribution in [0.15, 0.2) is 0 Å². The highest BCUT2D eigenvalue weighted by Crippen LogP contribution is 2.10. The first-order valence-corrected chi connectivity index (χ1v) is 7.86. The number of hydrogen-bond donors (Lipinski definition) is 1. The Morgan fingerprint density at radius 3 is 2.29 bits per heavy atom. The van der Waals surface area contributed by atoms with E-state index in [4.69, 9.17) is 9.47 Å². The highest BCUT2D eigenvalue weighted by atomic mass is 16.6. The average molecular weight is 302 g/mol. The standard InChI is InChI=1S/C16H34N2O3/c1-13(2)12-14(3)17-8-9-18(10-11-20-7)15(19)21-16(4,5)6/h13-14,17H,8-12H2,1-7H3. The van der Waals surface area contributed by atoms with Crippen LogP contribution in [-0.2, 0) is 9.47 Å². The molecule has 5 nitrogen and oxygen atoms in total. The fourth-order valence-electron chi connectivity index (χ4n) is 2.06. The first-order valence-electron chi connectivity index (χ1n) is 7.86. The largest absolute Gasteiger partial charge is 0.444 e. The second-order valence-corrected chi connectivity index (χ2v) is 6.94. The Hall–Kier alpha value is -0.810. The summed E-state index contributed by atoms with van der Waals surface area (Å²) in [5.74, 6) is 0.669. The van der Waals surface area contributed by atoms with E-state index < -0.39 is 5.60 Å². The summed E-state index contributed by atoms with van der Waals surface area (Å²) in [7, 11) is 1.64. The molecular formula is C16H34N2O3. The van der Waals surface area contributed by atoms with Gasteiger partial charge in [-0.15, -0.1) is 0 Å². The molecule has 1 amide bonds. The molecule has 0 saturated carbocycles. The lowest BCUT2D eigenvalue weighted by molar-refractivity contribution is 0.0202. The first-order chi connectivity index (χ1) is 9.65. The van der Waals surface area contributed by atoms with Crippen LogP contribution in [0.3, 0.4) is 0 Å². The van der Waals surface area contributed by atoms with E-state index in [9.17, 15) is 4.79 Å². The number of nitrogens with zero attached hydrogens (tertiary/aromatic N) is 1. The van der Waals surface area contributed by atoms with Gasteiger partial charge in [0.25, 0.3) is 0 Å². The molecule has 0 aromatic carbocycles. The van der Waals surface area contributed by atoms with E-state index in [-0.39, 0.29) is 6.09 Å². The Labute approximate surface area is 130 Å². The minimum absolute atomic E-state index is 0.280. The summed E-state index contributed by atoms with van der Waals surface area (Å²) in [6, 6.07) is 0.452. The zero-order valence-electron chi connectivity index (χ0n) is 14.9. The Bertz CT molecular complexity index is 288.